The average Bonchev–Trinajstić information content (AvgIpc) is 3.09. The number of hydrogen-bond acceptors (Lipinski definition) is 6. The van der Waals surface area contributed by atoms with Crippen molar-refractivity contribution in [1.29, 1.82) is 0 Å². The quantitative estimate of drug-likeness (QED) is 0.516. The van der Waals surface area contributed by atoms with Crippen molar-refractivity contribution in [1.82, 2.24) is 0 Å². The van der Waals surface area contributed by atoms with Gasteiger partial charge >= 0.3 is 0 Å². The number of para-hydroxylation sites is 2. The van der Waals surface area contributed by atoms with Gasteiger partial charge in [-0.15, -0.1) is 0 Å². The zero-order valence-corrected chi connectivity index (χ0v) is 19.8. The summed E-state index contributed by atoms with van der Waals surface area (Å²) in [7, 11) is 4.59. The second-order valence-electron chi connectivity index (χ2n) is 7.86. The Bertz CT molecular complexity index is 1310. The van der Waals surface area contributed by atoms with Gasteiger partial charge in [0.15, 0.2) is 11.5 Å². The maximum atomic E-state index is 13.7. The summed E-state index contributed by atoms with van der Waals surface area (Å²) in [6.07, 6.45) is 0. The van der Waals surface area contributed by atoms with Crippen molar-refractivity contribution in [2.75, 3.05) is 31.5 Å². The van der Waals surface area contributed by atoms with Crippen LogP contribution in [0.1, 0.15) is 16.7 Å². The molecule has 0 bridgehead atoms. The summed E-state index contributed by atoms with van der Waals surface area (Å²) in [5.74, 6) is 0.578. The standard InChI is InChI=1S/C27H26N2O5/c1-16-10-11-18(14-17(16)2)24-25(28-19-12-13-22(33-4)23(15-19)34-5)27(31)29(26(24)30)20-8-6-7-9-21(20)32-3/h6-15,28H,1-5H3. The van der Waals surface area contributed by atoms with Crippen molar-refractivity contribution >= 4 is 28.8 Å². The minimum absolute atomic E-state index is 0.173. The van der Waals surface area contributed by atoms with E-state index in [1.54, 1.807) is 49.6 Å². The lowest BCUT2D eigenvalue weighted by Gasteiger charge is -2.18. The van der Waals surface area contributed by atoms with Crippen molar-refractivity contribution < 1.29 is 23.8 Å². The highest BCUT2D eigenvalue weighted by Crippen LogP contribution is 2.39. The molecule has 0 fully saturated rings. The molecular weight excluding hydrogens is 432 g/mol. The molecule has 1 aliphatic rings. The van der Waals surface area contributed by atoms with Crippen LogP contribution in [0.3, 0.4) is 0 Å². The Morgan fingerprint density at radius 1 is 0.706 bits per heavy atom. The number of amides is 2. The minimum Gasteiger partial charge on any atom is -0.495 e. The van der Waals surface area contributed by atoms with Crippen LogP contribution < -0.4 is 24.4 Å². The third kappa shape index (κ3) is 3.96. The number of hydrogen-bond donors (Lipinski definition) is 1. The number of rotatable bonds is 7. The third-order valence-electron chi connectivity index (χ3n) is 5.86. The maximum absolute atomic E-state index is 13.7. The van der Waals surface area contributed by atoms with Crippen LogP contribution in [-0.2, 0) is 9.59 Å². The summed E-state index contributed by atoms with van der Waals surface area (Å²) in [6, 6.07) is 17.9. The Kier molecular flexibility index (Phi) is 6.27. The molecule has 34 heavy (non-hydrogen) atoms. The Balaban J connectivity index is 1.86. The molecule has 0 saturated heterocycles. The van der Waals surface area contributed by atoms with E-state index in [1.165, 1.54) is 14.2 Å². The van der Waals surface area contributed by atoms with Crippen molar-refractivity contribution in [3.05, 3.63) is 83.1 Å². The fourth-order valence-corrected chi connectivity index (χ4v) is 3.90. The molecule has 174 valence electrons. The van der Waals surface area contributed by atoms with E-state index >= 15 is 0 Å². The smallest absolute Gasteiger partial charge is 0.282 e. The van der Waals surface area contributed by atoms with E-state index < -0.39 is 11.8 Å². The van der Waals surface area contributed by atoms with Crippen LogP contribution in [0.15, 0.2) is 66.4 Å². The van der Waals surface area contributed by atoms with Crippen LogP contribution in [0.5, 0.6) is 17.2 Å². The van der Waals surface area contributed by atoms with Gasteiger partial charge < -0.3 is 19.5 Å². The van der Waals surface area contributed by atoms with Crippen LogP contribution in [0.2, 0.25) is 0 Å². The van der Waals surface area contributed by atoms with Gasteiger partial charge in [-0.3, -0.25) is 9.59 Å². The second kappa shape index (κ2) is 9.31. The summed E-state index contributed by atoms with van der Waals surface area (Å²) < 4.78 is 16.1. The summed E-state index contributed by atoms with van der Waals surface area (Å²) in [5.41, 5.74) is 4.19. The van der Waals surface area contributed by atoms with Gasteiger partial charge in [-0.05, 0) is 54.8 Å². The molecular formula is C27H26N2O5. The first-order valence-electron chi connectivity index (χ1n) is 10.7. The number of methoxy groups -OCH3 is 3. The number of benzene rings is 3. The number of nitrogens with one attached hydrogen (secondary N) is 1. The molecule has 0 saturated carbocycles. The fourth-order valence-electron chi connectivity index (χ4n) is 3.90. The molecule has 0 radical (unpaired) electrons. The Morgan fingerprint density at radius 3 is 2.09 bits per heavy atom. The maximum Gasteiger partial charge on any atom is 0.282 e. The van der Waals surface area contributed by atoms with Gasteiger partial charge in [0.25, 0.3) is 11.8 Å². The van der Waals surface area contributed by atoms with Crippen LogP contribution >= 0.6 is 0 Å². The lowest BCUT2D eigenvalue weighted by molar-refractivity contribution is -0.120. The minimum atomic E-state index is -0.475. The molecule has 0 atom stereocenters. The van der Waals surface area contributed by atoms with Gasteiger partial charge in [0.05, 0.1) is 32.6 Å². The molecule has 7 heteroatoms. The highest BCUT2D eigenvalue weighted by molar-refractivity contribution is 6.46. The molecule has 1 aliphatic heterocycles. The molecule has 0 spiro atoms. The number of aryl methyl sites for hydroxylation is 2. The van der Waals surface area contributed by atoms with Crippen molar-refractivity contribution in [2.45, 2.75) is 13.8 Å². The number of ether oxygens (including phenoxy) is 3. The number of carbonyl (C=O) groups is 2. The third-order valence-corrected chi connectivity index (χ3v) is 5.86. The Morgan fingerprint density at radius 2 is 1.41 bits per heavy atom. The zero-order valence-electron chi connectivity index (χ0n) is 19.8. The van der Waals surface area contributed by atoms with E-state index in [2.05, 4.69) is 5.32 Å². The van der Waals surface area contributed by atoms with Gasteiger partial charge in [-0.1, -0.05) is 30.3 Å². The van der Waals surface area contributed by atoms with E-state index in [0.717, 1.165) is 16.0 Å². The van der Waals surface area contributed by atoms with Crippen molar-refractivity contribution in [3.8, 4) is 17.2 Å². The first-order chi connectivity index (χ1) is 16.4. The van der Waals surface area contributed by atoms with E-state index in [4.69, 9.17) is 14.2 Å². The number of carbonyl (C=O) groups excluding carboxylic acids is 2. The van der Waals surface area contributed by atoms with E-state index in [0.29, 0.717) is 34.2 Å². The largest absolute Gasteiger partial charge is 0.495 e. The highest BCUT2D eigenvalue weighted by Gasteiger charge is 2.41. The Hall–Kier alpha value is -4.26. The average molecular weight is 459 g/mol. The highest BCUT2D eigenvalue weighted by atomic mass is 16.5. The molecule has 4 rings (SSSR count). The van der Waals surface area contributed by atoms with Gasteiger partial charge in [-0.2, -0.15) is 0 Å². The fraction of sp³-hybridized carbons (Fsp3) is 0.185. The summed E-state index contributed by atoms with van der Waals surface area (Å²) >= 11 is 0. The van der Waals surface area contributed by atoms with Gasteiger partial charge in [0.1, 0.15) is 11.4 Å². The monoisotopic (exact) mass is 458 g/mol. The van der Waals surface area contributed by atoms with E-state index in [1.807, 2.05) is 32.0 Å². The lowest BCUT2D eigenvalue weighted by atomic mass is 9.99. The zero-order chi connectivity index (χ0) is 24.4. The summed E-state index contributed by atoms with van der Waals surface area (Å²) in [4.78, 5) is 28.5. The van der Waals surface area contributed by atoms with Crippen LogP contribution in [0.4, 0.5) is 11.4 Å². The van der Waals surface area contributed by atoms with E-state index in [-0.39, 0.29) is 11.3 Å². The van der Waals surface area contributed by atoms with Gasteiger partial charge in [0.2, 0.25) is 0 Å². The molecule has 0 aromatic heterocycles. The van der Waals surface area contributed by atoms with Crippen LogP contribution in [0, 0.1) is 13.8 Å². The van der Waals surface area contributed by atoms with Crippen molar-refractivity contribution in [3.63, 3.8) is 0 Å². The predicted molar refractivity (Wildman–Crippen MR) is 131 cm³/mol. The number of imide groups is 1. The first-order valence-corrected chi connectivity index (χ1v) is 10.7. The topological polar surface area (TPSA) is 77.1 Å². The number of anilines is 2. The predicted octanol–water partition coefficient (Wildman–Crippen LogP) is 4.73. The molecule has 1 N–H and O–H groups in total. The van der Waals surface area contributed by atoms with Crippen LogP contribution in [-0.4, -0.2) is 33.1 Å². The van der Waals surface area contributed by atoms with Crippen LogP contribution in [0.25, 0.3) is 5.57 Å². The Labute approximate surface area is 198 Å². The molecule has 3 aromatic rings. The first kappa shape index (κ1) is 22.9. The molecule has 0 aliphatic carbocycles. The summed E-state index contributed by atoms with van der Waals surface area (Å²) in [6.45, 7) is 3.97. The van der Waals surface area contributed by atoms with Gasteiger partial charge in [0, 0.05) is 11.8 Å². The lowest BCUT2D eigenvalue weighted by Crippen LogP contribution is -2.32. The number of nitrogens with zero attached hydrogens (tertiary/aromatic N) is 1. The van der Waals surface area contributed by atoms with E-state index in [9.17, 15) is 9.59 Å². The molecule has 3 aromatic carbocycles. The SMILES string of the molecule is COc1ccc(NC2=C(c3ccc(C)c(C)c3)C(=O)N(c3ccccc3OC)C2=O)cc1OC. The summed E-state index contributed by atoms with van der Waals surface area (Å²) in [5, 5.41) is 3.16. The molecule has 1 heterocycles. The molecule has 2 amide bonds. The van der Waals surface area contributed by atoms with Crippen molar-refractivity contribution in [2.24, 2.45) is 0 Å². The molecule has 0 unspecified atom stereocenters. The normalized spacial score (nSPS) is 13.4. The molecule has 7 nitrogen and oxygen atoms in total. The van der Waals surface area contributed by atoms with Gasteiger partial charge in [-0.25, -0.2) is 4.90 Å². The second-order valence-corrected chi connectivity index (χ2v) is 7.86.